The molecule has 1 saturated heterocycles. The van der Waals surface area contributed by atoms with E-state index < -0.39 is 0 Å². The first kappa shape index (κ1) is 17.5. The van der Waals surface area contributed by atoms with Crippen LogP contribution in [0.4, 0.5) is 5.82 Å². The van der Waals surface area contributed by atoms with Crippen LogP contribution in [0.1, 0.15) is 12.5 Å². The second-order valence-electron chi connectivity index (χ2n) is 7.85. The van der Waals surface area contributed by atoms with Crippen LogP contribution in [0.5, 0.6) is 5.75 Å². The molecule has 1 unspecified atom stereocenters. The number of anilines is 1. The van der Waals surface area contributed by atoms with Gasteiger partial charge < -0.3 is 15.4 Å². The Balaban J connectivity index is 1.61. The van der Waals surface area contributed by atoms with Crippen molar-refractivity contribution in [2.24, 2.45) is 0 Å². The van der Waals surface area contributed by atoms with Crippen molar-refractivity contribution in [1.29, 1.82) is 0 Å². The number of fused-ring (bicyclic) bond motifs is 6. The number of benzene rings is 1. The van der Waals surface area contributed by atoms with Crippen LogP contribution in [0.25, 0.3) is 16.8 Å². The fraction of sp³-hybridized carbons (Fsp3) is 0.429. The van der Waals surface area contributed by atoms with Gasteiger partial charge in [0.1, 0.15) is 17.7 Å². The van der Waals surface area contributed by atoms with Crippen LogP contribution in [-0.4, -0.2) is 64.4 Å². The fourth-order valence-corrected chi connectivity index (χ4v) is 4.13. The van der Waals surface area contributed by atoms with Crippen LogP contribution in [0.15, 0.2) is 36.7 Å². The molecule has 2 aromatic heterocycles. The predicted octanol–water partition coefficient (Wildman–Crippen LogP) is 2.17. The zero-order valence-electron chi connectivity index (χ0n) is 16.4. The molecule has 7 nitrogen and oxygen atoms in total. The van der Waals surface area contributed by atoms with E-state index in [4.69, 9.17) is 9.72 Å². The zero-order valence-corrected chi connectivity index (χ0v) is 16.4. The highest BCUT2D eigenvalue weighted by Gasteiger charge is 2.23. The number of aromatic nitrogens is 3. The summed E-state index contributed by atoms with van der Waals surface area (Å²) < 4.78 is 8.24. The quantitative estimate of drug-likeness (QED) is 0.625. The van der Waals surface area contributed by atoms with Gasteiger partial charge in [0.2, 0.25) is 0 Å². The smallest absolute Gasteiger partial charge is 0.165 e. The maximum atomic E-state index is 6.41. The van der Waals surface area contributed by atoms with E-state index in [2.05, 4.69) is 52.7 Å². The molecule has 0 spiro atoms. The lowest BCUT2D eigenvalue weighted by Gasteiger charge is -2.25. The van der Waals surface area contributed by atoms with Crippen molar-refractivity contribution < 1.29 is 4.74 Å². The Labute approximate surface area is 164 Å². The van der Waals surface area contributed by atoms with Gasteiger partial charge in [0.05, 0.1) is 6.20 Å². The maximum absolute atomic E-state index is 6.41. The summed E-state index contributed by atoms with van der Waals surface area (Å²) in [6.07, 6.45) is 3.97. The third kappa shape index (κ3) is 3.31. The van der Waals surface area contributed by atoms with Gasteiger partial charge in [-0.25, -0.2) is 9.50 Å². The Bertz CT molecular complexity index is 1000. The average Bonchev–Trinajstić information content (AvgIpc) is 3.01. The number of nitrogens with zero attached hydrogens (tertiary/aromatic N) is 4. The molecule has 2 aliphatic heterocycles. The van der Waals surface area contributed by atoms with Gasteiger partial charge in [0.25, 0.3) is 0 Å². The number of hydrogen-bond acceptors (Lipinski definition) is 6. The molecule has 6 bridgehead atoms. The first-order valence-corrected chi connectivity index (χ1v) is 9.97. The van der Waals surface area contributed by atoms with E-state index in [-0.39, 0.29) is 6.10 Å². The highest BCUT2D eigenvalue weighted by Crippen LogP contribution is 2.31. The Morgan fingerprint density at radius 3 is 3.04 bits per heavy atom. The number of hydrogen-bond donors (Lipinski definition) is 2. The second-order valence-corrected chi connectivity index (χ2v) is 7.85. The van der Waals surface area contributed by atoms with Crippen LogP contribution in [-0.2, 0) is 0 Å². The predicted molar refractivity (Wildman–Crippen MR) is 110 cm³/mol. The van der Waals surface area contributed by atoms with Gasteiger partial charge in [0.15, 0.2) is 5.65 Å². The van der Waals surface area contributed by atoms with Crippen molar-refractivity contribution in [3.8, 4) is 16.9 Å². The molecule has 28 heavy (non-hydrogen) atoms. The third-order valence-electron chi connectivity index (χ3n) is 5.59. The van der Waals surface area contributed by atoms with Crippen LogP contribution >= 0.6 is 0 Å². The highest BCUT2D eigenvalue weighted by atomic mass is 16.5. The Morgan fingerprint density at radius 1 is 1.18 bits per heavy atom. The number of ether oxygens (including phenoxy) is 1. The molecule has 0 saturated carbocycles. The lowest BCUT2D eigenvalue weighted by Crippen LogP contribution is -2.39. The maximum Gasteiger partial charge on any atom is 0.165 e. The topological polar surface area (TPSA) is 66.7 Å². The van der Waals surface area contributed by atoms with Crippen molar-refractivity contribution in [2.75, 3.05) is 38.0 Å². The third-order valence-corrected chi connectivity index (χ3v) is 5.59. The van der Waals surface area contributed by atoms with Gasteiger partial charge in [-0.2, -0.15) is 5.10 Å². The number of nitrogens with one attached hydrogen (secondary N) is 2. The van der Waals surface area contributed by atoms with E-state index in [1.54, 1.807) is 0 Å². The number of aryl methyl sites for hydroxylation is 1. The van der Waals surface area contributed by atoms with Gasteiger partial charge >= 0.3 is 0 Å². The first-order chi connectivity index (χ1) is 13.7. The lowest BCUT2D eigenvalue weighted by molar-refractivity contribution is 0.153. The molecule has 0 radical (unpaired) electrons. The molecule has 2 N–H and O–H groups in total. The molecular weight excluding hydrogens is 352 g/mol. The monoisotopic (exact) mass is 378 g/mol. The summed E-state index contributed by atoms with van der Waals surface area (Å²) in [6, 6.07) is 8.73. The second kappa shape index (κ2) is 7.07. The summed E-state index contributed by atoms with van der Waals surface area (Å²) in [4.78, 5) is 7.29. The molecule has 0 aliphatic carbocycles. The SMILES string of the molecule is Cc1ccc2cc1-c1cnn3ccc(nc13)NCCN1C[C@@H](CN[C@@H](C)C1)O2. The minimum Gasteiger partial charge on any atom is -0.488 e. The minimum absolute atomic E-state index is 0.117. The van der Waals surface area contributed by atoms with E-state index >= 15 is 0 Å². The summed E-state index contributed by atoms with van der Waals surface area (Å²) in [7, 11) is 0. The van der Waals surface area contributed by atoms with Gasteiger partial charge in [-0.05, 0) is 43.2 Å². The molecule has 7 heteroatoms. The Hall–Kier alpha value is -2.64. The average molecular weight is 378 g/mol. The van der Waals surface area contributed by atoms with Gasteiger partial charge in [0, 0.05) is 50.5 Å². The summed E-state index contributed by atoms with van der Waals surface area (Å²) in [5.74, 6) is 1.78. The molecule has 146 valence electrons. The molecule has 1 fully saturated rings. The molecule has 1 aromatic carbocycles. The van der Waals surface area contributed by atoms with E-state index in [0.717, 1.165) is 61.1 Å². The van der Waals surface area contributed by atoms with Crippen molar-refractivity contribution in [2.45, 2.75) is 26.0 Å². The van der Waals surface area contributed by atoms with Crippen molar-refractivity contribution in [3.63, 3.8) is 0 Å². The summed E-state index contributed by atoms with van der Waals surface area (Å²) in [5.41, 5.74) is 4.18. The molecule has 3 atom stereocenters. The highest BCUT2D eigenvalue weighted by molar-refractivity contribution is 5.80. The molecule has 0 amide bonds. The molecule has 3 aromatic rings. The minimum atomic E-state index is 0.117. The molecule has 4 heterocycles. The van der Waals surface area contributed by atoms with Gasteiger partial charge in [-0.3, -0.25) is 4.90 Å². The summed E-state index contributed by atoms with van der Waals surface area (Å²) in [5, 5.41) is 11.6. The van der Waals surface area contributed by atoms with Crippen LogP contribution in [0, 0.1) is 6.92 Å². The van der Waals surface area contributed by atoms with Gasteiger partial charge in [-0.1, -0.05) is 6.07 Å². The van der Waals surface area contributed by atoms with Crippen molar-refractivity contribution in [1.82, 2.24) is 24.8 Å². The van der Waals surface area contributed by atoms with E-state index in [0.29, 0.717) is 6.04 Å². The van der Waals surface area contributed by atoms with E-state index in [1.165, 1.54) is 5.56 Å². The lowest BCUT2D eigenvalue weighted by atomic mass is 10.0. The normalized spacial score (nSPS) is 24.9. The van der Waals surface area contributed by atoms with Crippen molar-refractivity contribution in [3.05, 3.63) is 42.2 Å². The largest absolute Gasteiger partial charge is 0.488 e. The standard InChI is InChI=1S/C21H26N6O/c1-14-3-4-16-9-18(14)19-11-24-27-7-5-20(25-21(19)27)22-6-8-26-12-15(2)23-10-17(13-26)28-16/h3-5,7,9,11,15,17,23H,6,8,10,12-13H2,1-2H3,(H,22,25)/t15-,17+/m0/s1. The molecular formula is C21H26N6O. The Kier molecular flexibility index (Phi) is 4.41. The molecule has 2 aliphatic rings. The first-order valence-electron chi connectivity index (χ1n) is 9.97. The van der Waals surface area contributed by atoms with Crippen molar-refractivity contribution >= 4 is 11.5 Å². The van der Waals surface area contributed by atoms with Crippen LogP contribution < -0.4 is 15.4 Å². The van der Waals surface area contributed by atoms with Gasteiger partial charge in [-0.15, -0.1) is 0 Å². The summed E-state index contributed by atoms with van der Waals surface area (Å²) in [6.45, 7) is 8.92. The molecule has 5 rings (SSSR count). The van der Waals surface area contributed by atoms with E-state index in [9.17, 15) is 0 Å². The van der Waals surface area contributed by atoms with Crippen LogP contribution in [0.2, 0.25) is 0 Å². The summed E-state index contributed by atoms with van der Waals surface area (Å²) >= 11 is 0. The fourth-order valence-electron chi connectivity index (χ4n) is 4.13. The van der Waals surface area contributed by atoms with E-state index in [1.807, 2.05) is 23.0 Å². The zero-order chi connectivity index (χ0) is 19.1. The van der Waals surface area contributed by atoms with Crippen LogP contribution in [0.3, 0.4) is 0 Å². The number of rotatable bonds is 0. The Morgan fingerprint density at radius 2 is 2.11 bits per heavy atom.